The number of ether oxygens (including phenoxy) is 1. The maximum Gasteiger partial charge on any atom is 0.235 e. The van der Waals surface area contributed by atoms with Gasteiger partial charge in [-0.05, 0) is 36.8 Å². The van der Waals surface area contributed by atoms with E-state index in [1.807, 2.05) is 55.5 Å². The average molecular weight is 447 g/mol. The van der Waals surface area contributed by atoms with Gasteiger partial charge in [0.15, 0.2) is 0 Å². The predicted molar refractivity (Wildman–Crippen MR) is 125 cm³/mol. The second kappa shape index (κ2) is 8.10. The Bertz CT molecular complexity index is 1280. The molecule has 0 bridgehead atoms. The van der Waals surface area contributed by atoms with Crippen molar-refractivity contribution in [3.05, 3.63) is 65.4 Å². The lowest BCUT2D eigenvalue weighted by Crippen LogP contribution is -2.15. The van der Waals surface area contributed by atoms with Crippen LogP contribution in [0, 0.1) is 19.3 Å². The van der Waals surface area contributed by atoms with Crippen molar-refractivity contribution >= 4 is 45.0 Å². The monoisotopic (exact) mass is 446 g/mol. The lowest BCUT2D eigenvalue weighted by atomic mass is 10.0. The van der Waals surface area contributed by atoms with Crippen LogP contribution in [0.1, 0.15) is 22.1 Å². The van der Waals surface area contributed by atoms with Gasteiger partial charge < -0.3 is 10.1 Å². The van der Waals surface area contributed by atoms with Crippen LogP contribution in [0.15, 0.2) is 48.5 Å². The Morgan fingerprint density at radius 3 is 2.84 bits per heavy atom. The lowest BCUT2D eigenvalue weighted by Gasteiger charge is -2.15. The van der Waals surface area contributed by atoms with Gasteiger partial charge in [0.25, 0.3) is 0 Å². The quantitative estimate of drug-likeness (QED) is 0.465. The maximum atomic E-state index is 12.5. The fourth-order valence-corrected chi connectivity index (χ4v) is 5.71. The zero-order valence-electron chi connectivity index (χ0n) is 16.7. The van der Waals surface area contributed by atoms with Crippen LogP contribution in [0.3, 0.4) is 0 Å². The topological polar surface area (TPSA) is 69.0 Å². The van der Waals surface area contributed by atoms with E-state index in [0.29, 0.717) is 11.6 Å². The first-order valence-electron chi connectivity index (χ1n) is 9.67. The lowest BCUT2D eigenvalue weighted by molar-refractivity contribution is -0.113. The summed E-state index contributed by atoms with van der Waals surface area (Å²) in [6.45, 7) is 2.20. The molecule has 2 aromatic carbocycles. The van der Waals surface area contributed by atoms with Crippen LogP contribution in [0.5, 0.6) is 5.75 Å². The normalized spacial score (nSPS) is 15.7. The summed E-state index contributed by atoms with van der Waals surface area (Å²) in [6.07, 6.45) is 5.27. The van der Waals surface area contributed by atoms with E-state index in [1.165, 1.54) is 0 Å². The van der Waals surface area contributed by atoms with Gasteiger partial charge in [0.1, 0.15) is 18.2 Å². The minimum absolute atomic E-state index is 0.0428. The summed E-state index contributed by atoms with van der Waals surface area (Å²) in [5.41, 5.74) is 3.84. The van der Waals surface area contributed by atoms with E-state index in [0.717, 1.165) is 37.9 Å². The number of hydrogen-bond acceptors (Lipinski definition) is 6. The molecule has 0 saturated heterocycles. The van der Waals surface area contributed by atoms with Crippen LogP contribution < -0.4 is 10.1 Å². The third-order valence-electron chi connectivity index (χ3n) is 4.98. The molecule has 3 heterocycles. The second-order valence-corrected chi connectivity index (χ2v) is 9.13. The van der Waals surface area contributed by atoms with Crippen molar-refractivity contribution in [2.75, 3.05) is 17.7 Å². The van der Waals surface area contributed by atoms with Crippen LogP contribution in [-0.2, 0) is 4.79 Å². The summed E-state index contributed by atoms with van der Waals surface area (Å²) in [5, 5.41) is 8.50. The third kappa shape index (κ3) is 3.67. The number of terminal acetylenes is 1. The molecule has 1 aliphatic rings. The molecule has 0 aliphatic carbocycles. The van der Waals surface area contributed by atoms with Crippen molar-refractivity contribution in [3.63, 3.8) is 0 Å². The Balaban J connectivity index is 1.59. The Labute approximate surface area is 187 Å². The average Bonchev–Trinajstić information content (AvgIpc) is 3.29. The Morgan fingerprint density at radius 2 is 2.06 bits per heavy atom. The fourth-order valence-electron chi connectivity index (χ4n) is 3.60. The highest BCUT2D eigenvalue weighted by atomic mass is 32.2. The zero-order valence-corrected chi connectivity index (χ0v) is 18.3. The molecule has 1 atom stereocenters. The molecule has 31 heavy (non-hydrogen) atoms. The van der Waals surface area contributed by atoms with Crippen LogP contribution in [0.2, 0.25) is 0 Å². The highest BCUT2D eigenvalue weighted by Gasteiger charge is 2.31. The van der Waals surface area contributed by atoms with E-state index in [9.17, 15) is 4.79 Å². The van der Waals surface area contributed by atoms with Gasteiger partial charge >= 0.3 is 0 Å². The highest BCUT2D eigenvalue weighted by Crippen LogP contribution is 2.44. The second-order valence-electron chi connectivity index (χ2n) is 7.02. The molecule has 0 spiro atoms. The smallest absolute Gasteiger partial charge is 0.235 e. The summed E-state index contributed by atoms with van der Waals surface area (Å²) < 4.78 is 8.33. The zero-order chi connectivity index (χ0) is 21.4. The number of nitrogens with one attached hydrogen (secondary N) is 1. The number of carbonyl (C=O) groups excluding carboxylic acids is 1. The summed E-state index contributed by atoms with van der Waals surface area (Å²) in [6, 6.07) is 15.8. The van der Waals surface area contributed by atoms with Crippen molar-refractivity contribution in [1.29, 1.82) is 0 Å². The van der Waals surface area contributed by atoms with Crippen LogP contribution in [-0.4, -0.2) is 33.0 Å². The molecule has 8 heteroatoms. The largest absolute Gasteiger partial charge is 0.481 e. The van der Waals surface area contributed by atoms with Crippen molar-refractivity contribution < 1.29 is 9.53 Å². The van der Waals surface area contributed by atoms with Crippen LogP contribution >= 0.6 is 23.1 Å². The summed E-state index contributed by atoms with van der Waals surface area (Å²) in [5.74, 6) is 4.18. The number of aromatic nitrogens is 3. The number of thioether (sulfide) groups is 1. The number of nitrogens with zero attached hydrogens (tertiary/aromatic N) is 3. The molecule has 0 unspecified atom stereocenters. The molecule has 0 radical (unpaired) electrons. The number of hydrogen-bond donors (Lipinski definition) is 1. The number of amides is 1. The molecule has 1 N–H and O–H groups in total. The number of para-hydroxylation sites is 1. The van der Waals surface area contributed by atoms with E-state index in [4.69, 9.17) is 21.2 Å². The standard InChI is InChI=1S/C23H18N4O2S2/c1-3-12-29-16-10-8-15(9-11-16)21-20-14(2)26-27(22(20)25-19(28)13-30-21)23-24-17-6-4-5-7-18(17)31-23/h1,4-11,21H,12-13H2,2H3,(H,25,28)/t21-/m1/s1. The summed E-state index contributed by atoms with van der Waals surface area (Å²) in [4.78, 5) is 17.3. The van der Waals surface area contributed by atoms with Crippen molar-refractivity contribution in [2.45, 2.75) is 12.2 Å². The fraction of sp³-hybridized carbons (Fsp3) is 0.174. The van der Waals surface area contributed by atoms with E-state index in [1.54, 1.807) is 27.8 Å². The first-order chi connectivity index (χ1) is 15.1. The predicted octanol–water partition coefficient (Wildman–Crippen LogP) is 4.58. The molecule has 1 amide bonds. The molecular formula is C23H18N4O2S2. The van der Waals surface area contributed by atoms with Crippen LogP contribution in [0.4, 0.5) is 5.82 Å². The number of benzene rings is 2. The molecule has 0 saturated carbocycles. The number of carbonyl (C=O) groups is 1. The molecule has 5 rings (SSSR count). The third-order valence-corrected chi connectivity index (χ3v) is 7.26. The van der Waals surface area contributed by atoms with E-state index >= 15 is 0 Å². The molecule has 6 nitrogen and oxygen atoms in total. The summed E-state index contributed by atoms with van der Waals surface area (Å²) in [7, 11) is 0. The minimum Gasteiger partial charge on any atom is -0.481 e. The van der Waals surface area contributed by atoms with Crippen molar-refractivity contribution in [2.24, 2.45) is 0 Å². The molecule has 4 aromatic rings. The first kappa shape index (κ1) is 19.7. The van der Waals surface area contributed by atoms with E-state index in [2.05, 4.69) is 11.2 Å². The van der Waals surface area contributed by atoms with Gasteiger partial charge in [0.2, 0.25) is 11.0 Å². The number of fused-ring (bicyclic) bond motifs is 2. The van der Waals surface area contributed by atoms with Gasteiger partial charge in [-0.25, -0.2) is 4.98 Å². The molecule has 1 aliphatic heterocycles. The van der Waals surface area contributed by atoms with Gasteiger partial charge in [0, 0.05) is 5.56 Å². The van der Waals surface area contributed by atoms with E-state index < -0.39 is 0 Å². The minimum atomic E-state index is -0.0509. The van der Waals surface area contributed by atoms with Crippen molar-refractivity contribution in [1.82, 2.24) is 14.8 Å². The maximum absolute atomic E-state index is 12.5. The van der Waals surface area contributed by atoms with Gasteiger partial charge in [-0.3, -0.25) is 4.79 Å². The Hall–Kier alpha value is -3.28. The summed E-state index contributed by atoms with van der Waals surface area (Å²) >= 11 is 3.13. The van der Waals surface area contributed by atoms with Gasteiger partial charge in [-0.2, -0.15) is 9.78 Å². The SMILES string of the molecule is C#CCOc1ccc([C@H]2SCC(=O)Nc3c2c(C)nn3-c2nc3ccccc3s2)cc1. The molecule has 0 fully saturated rings. The number of aryl methyl sites for hydroxylation is 1. The number of thiazole rings is 1. The highest BCUT2D eigenvalue weighted by molar-refractivity contribution is 8.00. The Kier molecular flexibility index (Phi) is 5.14. The first-order valence-corrected chi connectivity index (χ1v) is 11.5. The molecule has 154 valence electrons. The van der Waals surface area contributed by atoms with Crippen molar-refractivity contribution in [3.8, 4) is 23.2 Å². The van der Waals surface area contributed by atoms with Gasteiger partial charge in [-0.1, -0.05) is 41.5 Å². The van der Waals surface area contributed by atoms with Gasteiger partial charge in [0.05, 0.1) is 26.9 Å². The van der Waals surface area contributed by atoms with Crippen LogP contribution in [0.25, 0.3) is 15.3 Å². The molecule has 2 aromatic heterocycles. The van der Waals surface area contributed by atoms with E-state index in [-0.39, 0.29) is 17.8 Å². The number of anilines is 1. The van der Waals surface area contributed by atoms with Gasteiger partial charge in [-0.15, -0.1) is 18.2 Å². The Morgan fingerprint density at radius 1 is 1.26 bits per heavy atom. The number of rotatable bonds is 4. The molecular weight excluding hydrogens is 428 g/mol.